The summed E-state index contributed by atoms with van der Waals surface area (Å²) in [6.07, 6.45) is 2.79. The SMILES string of the molecule is Cc1ncsc1CNS(=O)(=O)N1CCCCC1CN. The fourth-order valence-electron chi connectivity index (χ4n) is 2.26. The third-order valence-electron chi connectivity index (χ3n) is 3.41. The number of hydrogen-bond donors (Lipinski definition) is 2. The van der Waals surface area contributed by atoms with E-state index in [4.69, 9.17) is 5.73 Å². The van der Waals surface area contributed by atoms with Crippen LogP contribution < -0.4 is 10.5 Å². The van der Waals surface area contributed by atoms with Gasteiger partial charge in [-0.25, -0.2) is 4.98 Å². The number of thiazole rings is 1. The molecule has 1 unspecified atom stereocenters. The Balaban J connectivity index is 2.03. The molecule has 2 rings (SSSR count). The lowest BCUT2D eigenvalue weighted by Gasteiger charge is -2.33. The van der Waals surface area contributed by atoms with Crippen LogP contribution in [-0.4, -0.2) is 36.8 Å². The molecule has 3 N–H and O–H groups in total. The molecule has 0 spiro atoms. The number of aryl methyl sites for hydroxylation is 1. The summed E-state index contributed by atoms with van der Waals surface area (Å²) in [5.41, 5.74) is 8.26. The fourth-order valence-corrected chi connectivity index (χ4v) is 4.52. The van der Waals surface area contributed by atoms with Gasteiger partial charge in [-0.1, -0.05) is 6.42 Å². The maximum absolute atomic E-state index is 12.3. The van der Waals surface area contributed by atoms with Crippen molar-refractivity contribution in [2.24, 2.45) is 5.73 Å². The van der Waals surface area contributed by atoms with Gasteiger partial charge in [0.25, 0.3) is 10.2 Å². The lowest BCUT2D eigenvalue weighted by atomic mass is 10.1. The first-order valence-electron chi connectivity index (χ1n) is 6.40. The lowest BCUT2D eigenvalue weighted by Crippen LogP contribution is -2.51. The van der Waals surface area contributed by atoms with Gasteiger partial charge in [0.15, 0.2) is 0 Å². The summed E-state index contributed by atoms with van der Waals surface area (Å²) in [6.45, 7) is 3.11. The molecule has 0 amide bonds. The number of piperidine rings is 1. The molecular weight excluding hydrogens is 284 g/mol. The van der Waals surface area contributed by atoms with Crippen molar-refractivity contribution in [1.82, 2.24) is 14.0 Å². The van der Waals surface area contributed by atoms with Gasteiger partial charge >= 0.3 is 0 Å². The minimum atomic E-state index is -3.46. The maximum atomic E-state index is 12.3. The lowest BCUT2D eigenvalue weighted by molar-refractivity contribution is 0.254. The summed E-state index contributed by atoms with van der Waals surface area (Å²) in [6, 6.07) is -0.0752. The van der Waals surface area contributed by atoms with E-state index < -0.39 is 10.2 Å². The van der Waals surface area contributed by atoms with E-state index in [9.17, 15) is 8.42 Å². The highest BCUT2D eigenvalue weighted by Gasteiger charge is 2.31. The topological polar surface area (TPSA) is 88.3 Å². The molecule has 1 aliphatic rings. The summed E-state index contributed by atoms with van der Waals surface area (Å²) < 4.78 is 28.8. The van der Waals surface area contributed by atoms with Crippen molar-refractivity contribution in [3.05, 3.63) is 16.1 Å². The van der Waals surface area contributed by atoms with Gasteiger partial charge in [-0.15, -0.1) is 11.3 Å². The van der Waals surface area contributed by atoms with Gasteiger partial charge in [0.1, 0.15) is 0 Å². The van der Waals surface area contributed by atoms with Crippen molar-refractivity contribution >= 4 is 21.5 Å². The quantitative estimate of drug-likeness (QED) is 0.834. The highest BCUT2D eigenvalue weighted by atomic mass is 32.2. The van der Waals surface area contributed by atoms with E-state index in [0.29, 0.717) is 19.6 Å². The van der Waals surface area contributed by atoms with Crippen LogP contribution >= 0.6 is 11.3 Å². The molecule has 0 aliphatic carbocycles. The Morgan fingerprint density at radius 3 is 3.00 bits per heavy atom. The highest BCUT2D eigenvalue weighted by Crippen LogP contribution is 2.19. The maximum Gasteiger partial charge on any atom is 0.280 e. The highest BCUT2D eigenvalue weighted by molar-refractivity contribution is 7.87. The molecule has 0 radical (unpaired) electrons. The second-order valence-electron chi connectivity index (χ2n) is 4.68. The standard InChI is InChI=1S/C11H20N4O2S2/c1-9-11(18-8-13-9)7-14-19(16,17)15-5-3-2-4-10(15)6-12/h8,10,14H,2-7,12H2,1H3. The molecule has 2 heterocycles. The molecule has 1 aliphatic heterocycles. The number of nitrogens with zero attached hydrogens (tertiary/aromatic N) is 2. The van der Waals surface area contributed by atoms with Gasteiger partial charge in [-0.3, -0.25) is 0 Å². The number of nitrogens with two attached hydrogens (primary N) is 1. The average molecular weight is 304 g/mol. The fraction of sp³-hybridized carbons (Fsp3) is 0.727. The van der Waals surface area contributed by atoms with Gasteiger partial charge < -0.3 is 5.73 Å². The van der Waals surface area contributed by atoms with Crippen molar-refractivity contribution in [1.29, 1.82) is 0 Å². The van der Waals surface area contributed by atoms with Crippen LogP contribution in [0.4, 0.5) is 0 Å². The Kier molecular flexibility index (Phi) is 4.91. The number of rotatable bonds is 5. The molecule has 0 aromatic carbocycles. The smallest absolute Gasteiger partial charge is 0.280 e. The Morgan fingerprint density at radius 1 is 1.58 bits per heavy atom. The molecule has 1 fully saturated rings. The van der Waals surface area contributed by atoms with Crippen molar-refractivity contribution < 1.29 is 8.42 Å². The van der Waals surface area contributed by atoms with E-state index in [2.05, 4.69) is 9.71 Å². The molecule has 6 nitrogen and oxygen atoms in total. The minimum absolute atomic E-state index is 0.0752. The molecule has 0 bridgehead atoms. The van der Waals surface area contributed by atoms with Crippen LogP contribution in [0.25, 0.3) is 0 Å². The van der Waals surface area contributed by atoms with Crippen molar-refractivity contribution in [2.75, 3.05) is 13.1 Å². The first-order chi connectivity index (χ1) is 9.04. The van der Waals surface area contributed by atoms with E-state index in [1.807, 2.05) is 6.92 Å². The van der Waals surface area contributed by atoms with Crippen molar-refractivity contribution in [2.45, 2.75) is 38.8 Å². The van der Waals surface area contributed by atoms with Crippen LogP contribution in [0.5, 0.6) is 0 Å². The van der Waals surface area contributed by atoms with Crippen LogP contribution in [0.3, 0.4) is 0 Å². The van der Waals surface area contributed by atoms with E-state index in [1.165, 1.54) is 15.6 Å². The van der Waals surface area contributed by atoms with Crippen molar-refractivity contribution in [3.63, 3.8) is 0 Å². The van der Waals surface area contributed by atoms with E-state index in [0.717, 1.165) is 29.8 Å². The zero-order chi connectivity index (χ0) is 13.9. The predicted molar refractivity (Wildman–Crippen MR) is 76.0 cm³/mol. The summed E-state index contributed by atoms with van der Waals surface area (Å²) in [4.78, 5) is 5.06. The third kappa shape index (κ3) is 3.51. The van der Waals surface area contributed by atoms with Crippen LogP contribution in [0.2, 0.25) is 0 Å². The van der Waals surface area contributed by atoms with Crippen molar-refractivity contribution in [3.8, 4) is 0 Å². The predicted octanol–water partition coefficient (Wildman–Crippen LogP) is 0.599. The first-order valence-corrected chi connectivity index (χ1v) is 8.72. The Hall–Kier alpha value is -0.540. The number of nitrogens with one attached hydrogen (secondary N) is 1. The molecule has 108 valence electrons. The minimum Gasteiger partial charge on any atom is -0.329 e. The van der Waals surface area contributed by atoms with E-state index in [1.54, 1.807) is 5.51 Å². The third-order valence-corrected chi connectivity index (χ3v) is 5.96. The van der Waals surface area contributed by atoms with E-state index >= 15 is 0 Å². The van der Waals surface area contributed by atoms with Crippen LogP contribution in [-0.2, 0) is 16.8 Å². The molecule has 0 saturated carbocycles. The molecular formula is C11H20N4O2S2. The summed E-state index contributed by atoms with van der Waals surface area (Å²) in [7, 11) is -3.46. The van der Waals surface area contributed by atoms with Crippen LogP contribution in [0, 0.1) is 6.92 Å². The van der Waals surface area contributed by atoms with Gasteiger partial charge in [-0.2, -0.15) is 17.4 Å². The molecule has 1 saturated heterocycles. The zero-order valence-corrected chi connectivity index (χ0v) is 12.6. The second-order valence-corrected chi connectivity index (χ2v) is 7.33. The average Bonchev–Trinajstić information content (AvgIpc) is 2.82. The molecule has 19 heavy (non-hydrogen) atoms. The van der Waals surface area contributed by atoms with Gasteiger partial charge in [0.2, 0.25) is 0 Å². The van der Waals surface area contributed by atoms with Gasteiger partial charge in [-0.05, 0) is 19.8 Å². The van der Waals surface area contributed by atoms with Gasteiger partial charge in [0, 0.05) is 30.6 Å². The van der Waals surface area contributed by atoms with Gasteiger partial charge in [0.05, 0.1) is 11.2 Å². The summed E-state index contributed by atoms with van der Waals surface area (Å²) >= 11 is 1.46. The summed E-state index contributed by atoms with van der Waals surface area (Å²) in [5, 5.41) is 0. The number of aromatic nitrogens is 1. The van der Waals surface area contributed by atoms with E-state index in [-0.39, 0.29) is 6.04 Å². The zero-order valence-electron chi connectivity index (χ0n) is 11.0. The molecule has 1 aromatic rings. The Morgan fingerprint density at radius 2 is 2.37 bits per heavy atom. The Labute approximate surface area is 118 Å². The molecule has 8 heteroatoms. The first kappa shape index (κ1) is 14.9. The largest absolute Gasteiger partial charge is 0.329 e. The molecule has 1 atom stereocenters. The Bertz CT molecular complexity index is 515. The molecule has 1 aromatic heterocycles. The second kappa shape index (κ2) is 6.27. The number of hydrogen-bond acceptors (Lipinski definition) is 5. The normalized spacial score (nSPS) is 21.7. The van der Waals surface area contributed by atoms with Crippen LogP contribution in [0.15, 0.2) is 5.51 Å². The monoisotopic (exact) mass is 304 g/mol. The van der Waals surface area contributed by atoms with Crippen LogP contribution in [0.1, 0.15) is 29.8 Å². The summed E-state index contributed by atoms with van der Waals surface area (Å²) in [5.74, 6) is 0.